The standard InChI is InChI=1S/C39H43N11O5/c1-5-22-17-42-38(46-34(22)44-25-15-23-16-29(55-19-31(52)40-2)37(54)48(3)35(23)41-18-25)50-20-39(21-50)13-11-24(12-14-39)43-28-8-6-7-26-32(47-49(4)33(26)28)27-9-10-30(51)45-36(27)53/h5-8,15-18,24,27,43H,1,9-14,19-21H2,2-4H3,(H,40,52)(H,42,44,46)(H,45,51,53). The molecule has 284 valence electrons. The number of ether oxygens (including phenoxy) is 1. The van der Waals surface area contributed by atoms with E-state index in [0.717, 1.165) is 60.9 Å². The maximum Gasteiger partial charge on any atom is 0.294 e. The summed E-state index contributed by atoms with van der Waals surface area (Å²) in [5.41, 5.74) is 4.33. The number of nitrogens with one attached hydrogen (secondary N) is 4. The van der Waals surface area contributed by atoms with Crippen LogP contribution in [0.1, 0.15) is 55.7 Å². The third-order valence-electron chi connectivity index (χ3n) is 11.1. The van der Waals surface area contributed by atoms with E-state index in [-0.39, 0.29) is 41.1 Å². The van der Waals surface area contributed by atoms with Gasteiger partial charge in [-0.3, -0.25) is 33.7 Å². The highest BCUT2D eigenvalue weighted by molar-refractivity contribution is 6.03. The van der Waals surface area contributed by atoms with Gasteiger partial charge < -0.3 is 25.6 Å². The van der Waals surface area contributed by atoms with Crippen molar-refractivity contribution in [2.45, 2.75) is 50.5 Å². The van der Waals surface area contributed by atoms with Gasteiger partial charge in [-0.2, -0.15) is 10.1 Å². The largest absolute Gasteiger partial charge is 0.478 e. The molecule has 16 nitrogen and oxygen atoms in total. The van der Waals surface area contributed by atoms with E-state index in [1.807, 2.05) is 29.9 Å². The minimum Gasteiger partial charge on any atom is -0.478 e. The number of likely N-dealkylation sites (N-methyl/N-ethyl adjacent to an activating group) is 1. The molecule has 2 aliphatic heterocycles. The molecule has 1 unspecified atom stereocenters. The number of rotatable bonds is 10. The molecule has 4 N–H and O–H groups in total. The van der Waals surface area contributed by atoms with Gasteiger partial charge in [0, 0.05) is 74.6 Å². The number of aromatic nitrogens is 6. The third-order valence-corrected chi connectivity index (χ3v) is 11.1. The van der Waals surface area contributed by atoms with E-state index in [0.29, 0.717) is 53.1 Å². The number of benzene rings is 1. The lowest BCUT2D eigenvalue weighted by Gasteiger charge is -2.53. The van der Waals surface area contributed by atoms with Crippen LogP contribution in [0, 0.1) is 5.41 Å². The van der Waals surface area contributed by atoms with Crippen LogP contribution in [0.15, 0.2) is 54.1 Å². The van der Waals surface area contributed by atoms with Crippen molar-refractivity contribution in [3.05, 3.63) is 70.9 Å². The number of pyridine rings is 2. The highest BCUT2D eigenvalue weighted by Crippen LogP contribution is 2.46. The van der Waals surface area contributed by atoms with E-state index >= 15 is 0 Å². The molecule has 4 aromatic heterocycles. The lowest BCUT2D eigenvalue weighted by Crippen LogP contribution is -2.59. The van der Waals surface area contributed by atoms with Crippen molar-refractivity contribution in [1.29, 1.82) is 0 Å². The molecule has 16 heteroatoms. The Kier molecular flexibility index (Phi) is 9.19. The van der Waals surface area contributed by atoms with Crippen molar-refractivity contribution in [3.8, 4) is 5.75 Å². The number of amides is 3. The van der Waals surface area contributed by atoms with Crippen molar-refractivity contribution >= 4 is 68.9 Å². The van der Waals surface area contributed by atoms with Gasteiger partial charge in [0.25, 0.3) is 11.5 Å². The minimum atomic E-state index is -0.443. The molecule has 3 aliphatic rings. The summed E-state index contributed by atoms with van der Waals surface area (Å²) in [6.45, 7) is 5.40. The van der Waals surface area contributed by atoms with Crippen molar-refractivity contribution in [2.24, 2.45) is 19.5 Å². The maximum atomic E-state index is 12.8. The van der Waals surface area contributed by atoms with Crippen LogP contribution in [0.3, 0.4) is 0 Å². The Morgan fingerprint density at radius 3 is 2.64 bits per heavy atom. The van der Waals surface area contributed by atoms with Gasteiger partial charge in [-0.15, -0.1) is 0 Å². The lowest BCUT2D eigenvalue weighted by molar-refractivity contribution is -0.134. The van der Waals surface area contributed by atoms with Gasteiger partial charge in [0.1, 0.15) is 11.5 Å². The van der Waals surface area contributed by atoms with Gasteiger partial charge in [0.05, 0.1) is 34.7 Å². The van der Waals surface area contributed by atoms with Crippen LogP contribution in [0.4, 0.5) is 23.1 Å². The molecule has 8 rings (SSSR count). The number of piperidine rings is 1. The van der Waals surface area contributed by atoms with E-state index in [1.165, 1.54) is 11.6 Å². The molecule has 5 aromatic rings. The summed E-state index contributed by atoms with van der Waals surface area (Å²) in [6, 6.07) is 9.81. The summed E-state index contributed by atoms with van der Waals surface area (Å²) in [4.78, 5) is 65.2. The van der Waals surface area contributed by atoms with Crippen molar-refractivity contribution in [1.82, 2.24) is 39.9 Å². The quantitative estimate of drug-likeness (QED) is 0.153. The zero-order valence-corrected chi connectivity index (χ0v) is 31.0. The summed E-state index contributed by atoms with van der Waals surface area (Å²) in [5.74, 6) is -0.0299. The first-order valence-electron chi connectivity index (χ1n) is 18.5. The monoisotopic (exact) mass is 745 g/mol. The molecule has 3 amide bonds. The molecular formula is C39H43N11O5. The normalized spacial score (nSPS) is 18.2. The van der Waals surface area contributed by atoms with E-state index in [2.05, 4.69) is 48.8 Å². The van der Waals surface area contributed by atoms with Gasteiger partial charge >= 0.3 is 0 Å². The van der Waals surface area contributed by atoms with Gasteiger partial charge in [-0.05, 0) is 50.3 Å². The van der Waals surface area contributed by atoms with E-state index in [4.69, 9.17) is 14.8 Å². The SMILES string of the molecule is C=Cc1cnc(N2CC3(CCC(Nc4cccc5c(C6CCC(=O)NC6=O)nn(C)c45)CC3)C2)nc1Nc1cnc2c(c1)cc(OCC(=O)NC)c(=O)n2C. The second-order valence-corrected chi connectivity index (χ2v) is 14.8. The summed E-state index contributed by atoms with van der Waals surface area (Å²) >= 11 is 0. The number of imide groups is 1. The van der Waals surface area contributed by atoms with Gasteiger partial charge in [0.15, 0.2) is 12.4 Å². The van der Waals surface area contributed by atoms with E-state index < -0.39 is 5.92 Å². The van der Waals surface area contributed by atoms with Crippen LogP contribution in [0.2, 0.25) is 0 Å². The Balaban J connectivity index is 0.922. The Morgan fingerprint density at radius 1 is 1.09 bits per heavy atom. The Hall–Kier alpha value is -6.32. The second-order valence-electron chi connectivity index (χ2n) is 14.8. The van der Waals surface area contributed by atoms with Crippen LogP contribution in [-0.4, -0.2) is 79.8 Å². The molecule has 1 spiro atoms. The number of fused-ring (bicyclic) bond motifs is 2. The first kappa shape index (κ1) is 35.7. The van der Waals surface area contributed by atoms with Crippen LogP contribution in [-0.2, 0) is 28.5 Å². The average Bonchev–Trinajstić information content (AvgIpc) is 3.51. The highest BCUT2D eigenvalue weighted by Gasteiger charge is 2.46. The topological polar surface area (TPSA) is 190 Å². The average molecular weight is 746 g/mol. The Bertz CT molecular complexity index is 2420. The van der Waals surface area contributed by atoms with Crippen LogP contribution >= 0.6 is 0 Å². The Morgan fingerprint density at radius 2 is 1.89 bits per heavy atom. The molecule has 1 atom stereocenters. The minimum absolute atomic E-state index is 0.0524. The molecule has 6 heterocycles. The highest BCUT2D eigenvalue weighted by atomic mass is 16.5. The van der Waals surface area contributed by atoms with E-state index in [9.17, 15) is 19.2 Å². The molecule has 1 saturated carbocycles. The van der Waals surface area contributed by atoms with E-state index in [1.54, 1.807) is 31.6 Å². The lowest BCUT2D eigenvalue weighted by atomic mass is 9.67. The number of aryl methyl sites for hydroxylation is 2. The zero-order chi connectivity index (χ0) is 38.4. The number of nitrogens with zero attached hydrogens (tertiary/aromatic N) is 7. The fourth-order valence-electron chi connectivity index (χ4n) is 8.14. The van der Waals surface area contributed by atoms with Crippen molar-refractivity contribution in [3.63, 3.8) is 0 Å². The number of hydrogen-bond donors (Lipinski definition) is 4. The van der Waals surface area contributed by atoms with Gasteiger partial charge in [-0.1, -0.05) is 24.8 Å². The molecule has 0 radical (unpaired) electrons. The summed E-state index contributed by atoms with van der Waals surface area (Å²) in [7, 11) is 5.01. The van der Waals surface area contributed by atoms with Gasteiger partial charge in [-0.25, -0.2) is 9.97 Å². The number of hydrogen-bond acceptors (Lipinski definition) is 12. The fourth-order valence-corrected chi connectivity index (χ4v) is 8.14. The zero-order valence-electron chi connectivity index (χ0n) is 31.0. The maximum absolute atomic E-state index is 12.8. The summed E-state index contributed by atoms with van der Waals surface area (Å²) in [6.07, 6.45) is 10.0. The van der Waals surface area contributed by atoms with Crippen LogP contribution in [0.25, 0.3) is 28.0 Å². The Labute approximate surface area is 316 Å². The molecule has 1 aliphatic carbocycles. The summed E-state index contributed by atoms with van der Waals surface area (Å²) in [5, 5.41) is 18.4. The smallest absolute Gasteiger partial charge is 0.294 e. The van der Waals surface area contributed by atoms with Crippen LogP contribution in [0.5, 0.6) is 5.75 Å². The molecule has 1 aromatic carbocycles. The molecular weight excluding hydrogens is 703 g/mol. The number of carbonyl (C=O) groups is 3. The predicted octanol–water partition coefficient (Wildman–Crippen LogP) is 3.50. The van der Waals surface area contributed by atoms with Gasteiger partial charge in [0.2, 0.25) is 17.8 Å². The second kappa shape index (κ2) is 14.2. The molecule has 2 saturated heterocycles. The first-order valence-corrected chi connectivity index (χ1v) is 18.5. The van der Waals surface area contributed by atoms with Crippen molar-refractivity contribution < 1.29 is 19.1 Å². The molecule has 55 heavy (non-hydrogen) atoms. The summed E-state index contributed by atoms with van der Waals surface area (Å²) < 4.78 is 8.73. The number of carbonyl (C=O) groups excluding carboxylic acids is 3. The van der Waals surface area contributed by atoms with Crippen molar-refractivity contribution in [2.75, 3.05) is 42.3 Å². The number of anilines is 4. The predicted molar refractivity (Wildman–Crippen MR) is 208 cm³/mol. The fraction of sp³-hybridized carbons (Fsp3) is 0.385. The third kappa shape index (κ3) is 6.72. The number of para-hydroxylation sites is 1. The molecule has 0 bridgehead atoms. The molecule has 3 fully saturated rings. The first-order chi connectivity index (χ1) is 26.5. The van der Waals surface area contributed by atoms with Crippen LogP contribution < -0.4 is 36.5 Å².